The van der Waals surface area contributed by atoms with E-state index in [0.29, 0.717) is 6.54 Å². The van der Waals surface area contributed by atoms with Crippen molar-refractivity contribution in [3.63, 3.8) is 0 Å². The second kappa shape index (κ2) is 4.09. The fourth-order valence-electron chi connectivity index (χ4n) is 1.38. The van der Waals surface area contributed by atoms with Gasteiger partial charge in [-0.2, -0.15) is 0 Å². The van der Waals surface area contributed by atoms with Crippen molar-refractivity contribution < 1.29 is 4.92 Å². The summed E-state index contributed by atoms with van der Waals surface area (Å²) in [5, 5.41) is 18.2. The van der Waals surface area contributed by atoms with E-state index in [1.807, 2.05) is 13.1 Å². The van der Waals surface area contributed by atoms with Gasteiger partial charge in [0.2, 0.25) is 0 Å². The molecule has 6 nitrogen and oxygen atoms in total. The second-order valence-corrected chi connectivity index (χ2v) is 3.48. The van der Waals surface area contributed by atoms with Gasteiger partial charge in [0.05, 0.1) is 17.2 Å². The number of aryl methyl sites for hydroxylation is 1. The van der Waals surface area contributed by atoms with Crippen molar-refractivity contribution in [3.05, 3.63) is 51.8 Å². The number of hydrogen-bond donors (Lipinski definition) is 0. The predicted molar refractivity (Wildman–Crippen MR) is 57.0 cm³/mol. The molecular weight excluding hydrogens is 208 g/mol. The van der Waals surface area contributed by atoms with E-state index < -0.39 is 4.92 Å². The zero-order valence-corrected chi connectivity index (χ0v) is 8.70. The van der Waals surface area contributed by atoms with Gasteiger partial charge in [-0.1, -0.05) is 17.3 Å². The highest BCUT2D eigenvalue weighted by molar-refractivity contribution is 5.32. The lowest BCUT2D eigenvalue weighted by Gasteiger charge is -1.99. The Labute approximate surface area is 91.7 Å². The maximum atomic E-state index is 10.5. The van der Waals surface area contributed by atoms with Crippen LogP contribution in [0.25, 0.3) is 0 Å². The van der Waals surface area contributed by atoms with Gasteiger partial charge >= 0.3 is 0 Å². The van der Waals surface area contributed by atoms with Crippen LogP contribution in [0.1, 0.15) is 11.3 Å². The first-order chi connectivity index (χ1) is 7.65. The fraction of sp³-hybridized carbons (Fsp3) is 0.200. The summed E-state index contributed by atoms with van der Waals surface area (Å²) in [4.78, 5) is 10.0. The monoisotopic (exact) mass is 218 g/mol. The third-order valence-corrected chi connectivity index (χ3v) is 2.14. The van der Waals surface area contributed by atoms with E-state index in [0.717, 1.165) is 11.3 Å². The normalized spacial score (nSPS) is 10.3. The summed E-state index contributed by atoms with van der Waals surface area (Å²) in [5.74, 6) is 0. The van der Waals surface area contributed by atoms with Gasteiger partial charge in [0, 0.05) is 18.3 Å². The average molecular weight is 218 g/mol. The Bertz CT molecular complexity index is 504. The lowest BCUT2D eigenvalue weighted by atomic mass is 10.2. The number of aromatic nitrogens is 3. The van der Waals surface area contributed by atoms with Crippen LogP contribution >= 0.6 is 0 Å². The minimum atomic E-state index is -0.413. The third-order valence-electron chi connectivity index (χ3n) is 2.14. The van der Waals surface area contributed by atoms with Gasteiger partial charge in [-0.15, -0.1) is 5.10 Å². The molecule has 0 atom stereocenters. The van der Waals surface area contributed by atoms with E-state index in [-0.39, 0.29) is 5.69 Å². The molecule has 2 rings (SSSR count). The van der Waals surface area contributed by atoms with Crippen molar-refractivity contribution in [2.24, 2.45) is 0 Å². The SMILES string of the molecule is Cc1cn(Cc2ccc([N+](=O)[O-])cc2)nn1. The van der Waals surface area contributed by atoms with Gasteiger partial charge in [-0.3, -0.25) is 10.1 Å². The van der Waals surface area contributed by atoms with E-state index in [4.69, 9.17) is 0 Å². The van der Waals surface area contributed by atoms with Crippen molar-refractivity contribution in [1.29, 1.82) is 0 Å². The molecule has 0 saturated heterocycles. The van der Waals surface area contributed by atoms with Crippen LogP contribution in [0.5, 0.6) is 0 Å². The lowest BCUT2D eigenvalue weighted by Crippen LogP contribution is -2.00. The van der Waals surface area contributed by atoms with Crippen LogP contribution < -0.4 is 0 Å². The van der Waals surface area contributed by atoms with Crippen LogP contribution in [0.4, 0.5) is 5.69 Å². The number of nitro benzene ring substituents is 1. The minimum Gasteiger partial charge on any atom is -0.258 e. The molecule has 0 aliphatic rings. The van der Waals surface area contributed by atoms with Crippen LogP contribution in [0.3, 0.4) is 0 Å². The molecule has 0 aliphatic heterocycles. The molecule has 0 amide bonds. The van der Waals surface area contributed by atoms with Crippen molar-refractivity contribution in [3.8, 4) is 0 Å². The maximum absolute atomic E-state index is 10.5. The zero-order valence-electron chi connectivity index (χ0n) is 8.70. The second-order valence-electron chi connectivity index (χ2n) is 3.48. The zero-order chi connectivity index (χ0) is 11.5. The van der Waals surface area contributed by atoms with Crippen LogP contribution in [-0.4, -0.2) is 19.9 Å². The number of nitro groups is 1. The molecule has 0 saturated carbocycles. The van der Waals surface area contributed by atoms with E-state index in [1.54, 1.807) is 16.8 Å². The molecule has 82 valence electrons. The molecule has 1 heterocycles. The first-order valence-electron chi connectivity index (χ1n) is 4.75. The Balaban J connectivity index is 2.14. The molecule has 16 heavy (non-hydrogen) atoms. The first-order valence-corrected chi connectivity index (χ1v) is 4.75. The van der Waals surface area contributed by atoms with E-state index in [9.17, 15) is 10.1 Å². The van der Waals surface area contributed by atoms with Crippen LogP contribution in [-0.2, 0) is 6.54 Å². The smallest absolute Gasteiger partial charge is 0.258 e. The van der Waals surface area contributed by atoms with E-state index in [1.165, 1.54) is 12.1 Å². The number of hydrogen-bond acceptors (Lipinski definition) is 4. The Kier molecular flexibility index (Phi) is 2.63. The minimum absolute atomic E-state index is 0.0959. The summed E-state index contributed by atoms with van der Waals surface area (Å²) >= 11 is 0. The fourth-order valence-corrected chi connectivity index (χ4v) is 1.38. The molecule has 6 heteroatoms. The van der Waals surface area contributed by atoms with E-state index >= 15 is 0 Å². The molecular formula is C10H10N4O2. The summed E-state index contributed by atoms with van der Waals surface area (Å²) < 4.78 is 1.69. The van der Waals surface area contributed by atoms with Crippen molar-refractivity contribution in [2.45, 2.75) is 13.5 Å². The lowest BCUT2D eigenvalue weighted by molar-refractivity contribution is -0.384. The molecule has 0 spiro atoms. The standard InChI is InChI=1S/C10H10N4O2/c1-8-6-13(12-11-8)7-9-2-4-10(5-3-9)14(15)16/h2-6H,7H2,1H3. The number of rotatable bonds is 3. The molecule has 1 aromatic heterocycles. The summed E-state index contributed by atoms with van der Waals surface area (Å²) in [6.45, 7) is 2.43. The summed E-state index contributed by atoms with van der Waals surface area (Å²) in [6, 6.07) is 6.41. The molecule has 0 aliphatic carbocycles. The highest BCUT2D eigenvalue weighted by Crippen LogP contribution is 2.12. The molecule has 0 bridgehead atoms. The van der Waals surface area contributed by atoms with Gasteiger partial charge in [0.25, 0.3) is 5.69 Å². The van der Waals surface area contributed by atoms with Crippen molar-refractivity contribution in [1.82, 2.24) is 15.0 Å². The maximum Gasteiger partial charge on any atom is 0.269 e. The molecule has 1 aromatic carbocycles. The third kappa shape index (κ3) is 2.22. The highest BCUT2D eigenvalue weighted by Gasteiger charge is 2.04. The van der Waals surface area contributed by atoms with Crippen molar-refractivity contribution >= 4 is 5.69 Å². The number of non-ortho nitro benzene ring substituents is 1. The topological polar surface area (TPSA) is 73.8 Å². The van der Waals surface area contributed by atoms with E-state index in [2.05, 4.69) is 10.3 Å². The van der Waals surface area contributed by atoms with Crippen LogP contribution in [0, 0.1) is 17.0 Å². The van der Waals surface area contributed by atoms with Crippen LogP contribution in [0.15, 0.2) is 30.5 Å². The number of nitrogens with zero attached hydrogens (tertiary/aromatic N) is 4. The summed E-state index contributed by atoms with van der Waals surface area (Å²) in [5.41, 5.74) is 1.90. The molecule has 0 radical (unpaired) electrons. The van der Waals surface area contributed by atoms with Gasteiger partial charge in [0.1, 0.15) is 0 Å². The van der Waals surface area contributed by atoms with Gasteiger partial charge in [0.15, 0.2) is 0 Å². The molecule has 0 fully saturated rings. The van der Waals surface area contributed by atoms with Gasteiger partial charge < -0.3 is 0 Å². The molecule has 2 aromatic rings. The Morgan fingerprint density at radius 1 is 1.38 bits per heavy atom. The predicted octanol–water partition coefficient (Wildman–Crippen LogP) is 1.54. The Morgan fingerprint density at radius 2 is 2.06 bits per heavy atom. The average Bonchev–Trinajstić information content (AvgIpc) is 2.65. The quantitative estimate of drug-likeness (QED) is 0.578. The van der Waals surface area contributed by atoms with Gasteiger partial charge in [-0.05, 0) is 12.5 Å². The summed E-state index contributed by atoms with van der Waals surface area (Å²) in [6.07, 6.45) is 1.82. The number of benzene rings is 1. The first kappa shape index (κ1) is 10.3. The molecule has 0 N–H and O–H groups in total. The van der Waals surface area contributed by atoms with Crippen LogP contribution in [0.2, 0.25) is 0 Å². The summed E-state index contributed by atoms with van der Waals surface area (Å²) in [7, 11) is 0. The van der Waals surface area contributed by atoms with Gasteiger partial charge in [-0.25, -0.2) is 4.68 Å². The molecule has 0 unspecified atom stereocenters. The Morgan fingerprint density at radius 3 is 2.56 bits per heavy atom. The Hall–Kier alpha value is -2.24. The van der Waals surface area contributed by atoms with Crippen molar-refractivity contribution in [2.75, 3.05) is 0 Å². The largest absolute Gasteiger partial charge is 0.269 e. The highest BCUT2D eigenvalue weighted by atomic mass is 16.6.